The molecular weight excluding hydrogens is 286 g/mol. The Hall–Kier alpha value is -3.23. The Morgan fingerprint density at radius 2 is 2.14 bits per heavy atom. The van der Waals surface area contributed by atoms with Crippen molar-refractivity contribution in [3.05, 3.63) is 30.5 Å². The minimum Gasteiger partial charge on any atom is -0.338 e. The lowest BCUT2D eigenvalue weighted by Gasteiger charge is -2.07. The molecule has 0 atom stereocenters. The second-order valence-electron chi connectivity index (χ2n) is 4.65. The Morgan fingerprint density at radius 1 is 1.27 bits per heavy atom. The number of fused-ring (bicyclic) bond motifs is 1. The number of anilines is 2. The van der Waals surface area contributed by atoms with E-state index in [9.17, 15) is 9.59 Å². The average Bonchev–Trinajstić information content (AvgIpc) is 3.09. The highest BCUT2D eigenvalue weighted by atomic mass is 16.2. The lowest BCUT2D eigenvalue weighted by molar-refractivity contribution is -0.117. The van der Waals surface area contributed by atoms with Crippen molar-refractivity contribution in [1.29, 1.82) is 0 Å². The Morgan fingerprint density at radius 3 is 2.86 bits per heavy atom. The average molecular weight is 299 g/mol. The number of aromatic nitrogens is 5. The highest BCUT2D eigenvalue weighted by Crippen LogP contribution is 2.24. The minimum absolute atomic E-state index is 0.0988. The topological polar surface area (TPSA) is 118 Å². The molecule has 2 amide bonds. The van der Waals surface area contributed by atoms with E-state index >= 15 is 0 Å². The van der Waals surface area contributed by atoms with E-state index in [-0.39, 0.29) is 24.3 Å². The molecule has 3 aromatic rings. The number of carbonyl (C=O) groups is 2. The van der Waals surface area contributed by atoms with Crippen molar-refractivity contribution >= 4 is 34.4 Å². The number of hydrogen-bond acceptors (Lipinski definition) is 5. The lowest BCUT2D eigenvalue weighted by Crippen LogP contribution is -2.19. The van der Waals surface area contributed by atoms with E-state index in [0.29, 0.717) is 5.69 Å². The van der Waals surface area contributed by atoms with E-state index in [2.05, 4.69) is 31.3 Å². The quantitative estimate of drug-likeness (QED) is 0.657. The first kappa shape index (κ1) is 13.7. The van der Waals surface area contributed by atoms with Gasteiger partial charge < -0.3 is 9.88 Å². The Bertz CT molecular complexity index is 822. The van der Waals surface area contributed by atoms with Crippen molar-refractivity contribution in [2.45, 2.75) is 13.5 Å². The standard InChI is InChI=1S/C13H13N7O2/c1-8(21)14-10-3-2-4-11-9(10)5-6-20(11)7-12(22)15-13-16-18-19-17-13/h2-6H,7H2,1H3,(H,14,21)(H2,15,16,17,18,19,22). The molecule has 0 saturated carbocycles. The van der Waals surface area contributed by atoms with E-state index in [4.69, 9.17) is 0 Å². The zero-order valence-electron chi connectivity index (χ0n) is 11.7. The Labute approximate surface area is 124 Å². The second-order valence-corrected chi connectivity index (χ2v) is 4.65. The predicted molar refractivity (Wildman–Crippen MR) is 79.0 cm³/mol. The van der Waals surface area contributed by atoms with Gasteiger partial charge in [-0.1, -0.05) is 11.2 Å². The van der Waals surface area contributed by atoms with Crippen LogP contribution >= 0.6 is 0 Å². The first-order chi connectivity index (χ1) is 10.6. The van der Waals surface area contributed by atoms with Crippen molar-refractivity contribution in [2.24, 2.45) is 0 Å². The second kappa shape index (κ2) is 5.64. The smallest absolute Gasteiger partial charge is 0.269 e. The van der Waals surface area contributed by atoms with Gasteiger partial charge in [0.2, 0.25) is 11.8 Å². The minimum atomic E-state index is -0.274. The summed E-state index contributed by atoms with van der Waals surface area (Å²) in [4.78, 5) is 23.2. The van der Waals surface area contributed by atoms with Crippen LogP contribution in [0.4, 0.5) is 11.6 Å². The maximum Gasteiger partial charge on any atom is 0.269 e. The molecule has 9 nitrogen and oxygen atoms in total. The number of rotatable bonds is 4. The van der Waals surface area contributed by atoms with Crippen molar-refractivity contribution in [3.8, 4) is 0 Å². The van der Waals surface area contributed by atoms with E-state index in [1.165, 1.54) is 6.92 Å². The largest absolute Gasteiger partial charge is 0.338 e. The molecule has 0 radical (unpaired) electrons. The van der Waals surface area contributed by atoms with Gasteiger partial charge in [-0.05, 0) is 23.4 Å². The fourth-order valence-corrected chi connectivity index (χ4v) is 2.19. The van der Waals surface area contributed by atoms with Crippen molar-refractivity contribution in [1.82, 2.24) is 25.2 Å². The molecule has 0 bridgehead atoms. The maximum absolute atomic E-state index is 12.0. The number of carbonyl (C=O) groups excluding carboxylic acids is 2. The number of H-pyrrole nitrogens is 1. The van der Waals surface area contributed by atoms with Gasteiger partial charge in [0.05, 0.1) is 11.2 Å². The molecule has 0 spiro atoms. The molecule has 0 aliphatic carbocycles. The van der Waals surface area contributed by atoms with Gasteiger partial charge in [-0.15, -0.1) is 5.10 Å². The molecule has 22 heavy (non-hydrogen) atoms. The first-order valence-corrected chi connectivity index (χ1v) is 6.52. The third kappa shape index (κ3) is 2.77. The number of hydrogen-bond donors (Lipinski definition) is 3. The Balaban J connectivity index is 1.82. The van der Waals surface area contributed by atoms with Crippen LogP contribution in [-0.4, -0.2) is 37.0 Å². The predicted octanol–water partition coefficient (Wildman–Crippen LogP) is 0.751. The molecular formula is C13H13N7O2. The van der Waals surface area contributed by atoms with Gasteiger partial charge >= 0.3 is 0 Å². The van der Waals surface area contributed by atoms with E-state index in [1.54, 1.807) is 10.8 Å². The molecule has 0 aliphatic rings. The number of nitrogens with one attached hydrogen (secondary N) is 3. The Kier molecular flexibility index (Phi) is 3.52. The van der Waals surface area contributed by atoms with Crippen LogP contribution in [0.2, 0.25) is 0 Å². The van der Waals surface area contributed by atoms with Crippen LogP contribution in [0.5, 0.6) is 0 Å². The van der Waals surface area contributed by atoms with Gasteiger partial charge in [0, 0.05) is 18.5 Å². The summed E-state index contributed by atoms with van der Waals surface area (Å²) < 4.78 is 1.77. The molecule has 0 saturated heterocycles. The van der Waals surface area contributed by atoms with Crippen LogP contribution in [0, 0.1) is 0 Å². The van der Waals surface area contributed by atoms with E-state index < -0.39 is 0 Å². The fourth-order valence-electron chi connectivity index (χ4n) is 2.19. The van der Waals surface area contributed by atoms with Gasteiger partial charge in [-0.3, -0.25) is 14.9 Å². The SMILES string of the molecule is CC(=O)Nc1cccc2c1ccn2CC(=O)Nc1nn[nH]n1. The van der Waals surface area contributed by atoms with Crippen LogP contribution in [0.3, 0.4) is 0 Å². The lowest BCUT2D eigenvalue weighted by atomic mass is 10.2. The fraction of sp³-hybridized carbons (Fsp3) is 0.154. The summed E-state index contributed by atoms with van der Waals surface area (Å²) in [6.07, 6.45) is 1.78. The van der Waals surface area contributed by atoms with Gasteiger partial charge in [0.1, 0.15) is 6.54 Å². The van der Waals surface area contributed by atoms with Crippen molar-refractivity contribution in [3.63, 3.8) is 0 Å². The number of aromatic amines is 1. The zero-order valence-corrected chi connectivity index (χ0v) is 11.7. The monoisotopic (exact) mass is 299 g/mol. The summed E-state index contributed by atoms with van der Waals surface area (Å²) in [6, 6.07) is 7.36. The van der Waals surface area contributed by atoms with E-state index in [0.717, 1.165) is 10.9 Å². The van der Waals surface area contributed by atoms with Crippen LogP contribution in [0.15, 0.2) is 30.5 Å². The van der Waals surface area contributed by atoms with Gasteiger partial charge in [0.15, 0.2) is 0 Å². The maximum atomic E-state index is 12.0. The van der Waals surface area contributed by atoms with Crippen LogP contribution < -0.4 is 10.6 Å². The van der Waals surface area contributed by atoms with Crippen LogP contribution in [0.1, 0.15) is 6.92 Å². The molecule has 3 rings (SSSR count). The van der Waals surface area contributed by atoms with Crippen molar-refractivity contribution in [2.75, 3.05) is 10.6 Å². The van der Waals surface area contributed by atoms with Crippen molar-refractivity contribution < 1.29 is 9.59 Å². The summed E-state index contributed by atoms with van der Waals surface area (Å²) in [7, 11) is 0. The van der Waals surface area contributed by atoms with Gasteiger partial charge in [0.25, 0.3) is 5.95 Å². The van der Waals surface area contributed by atoms with Crippen LogP contribution in [-0.2, 0) is 16.1 Å². The molecule has 0 fully saturated rings. The molecule has 2 heterocycles. The molecule has 112 valence electrons. The normalized spacial score (nSPS) is 10.6. The van der Waals surface area contributed by atoms with Crippen LogP contribution in [0.25, 0.3) is 10.9 Å². The number of benzene rings is 1. The molecule has 2 aromatic heterocycles. The molecule has 3 N–H and O–H groups in total. The number of nitrogens with zero attached hydrogens (tertiary/aromatic N) is 4. The van der Waals surface area contributed by atoms with E-state index in [1.807, 2.05) is 24.3 Å². The zero-order chi connectivity index (χ0) is 15.5. The summed E-state index contributed by atoms with van der Waals surface area (Å²) in [5.41, 5.74) is 1.55. The van der Waals surface area contributed by atoms with Gasteiger partial charge in [-0.25, -0.2) is 0 Å². The number of tetrazole rings is 1. The highest BCUT2D eigenvalue weighted by Gasteiger charge is 2.10. The number of amides is 2. The van der Waals surface area contributed by atoms with Gasteiger partial charge in [-0.2, -0.15) is 5.21 Å². The molecule has 9 heteroatoms. The molecule has 1 aromatic carbocycles. The molecule has 0 unspecified atom stereocenters. The molecule has 0 aliphatic heterocycles. The third-order valence-corrected chi connectivity index (χ3v) is 3.03. The summed E-state index contributed by atoms with van der Waals surface area (Å²) in [6.45, 7) is 1.55. The third-order valence-electron chi connectivity index (χ3n) is 3.03. The summed E-state index contributed by atoms with van der Waals surface area (Å²) >= 11 is 0. The summed E-state index contributed by atoms with van der Waals surface area (Å²) in [5.74, 6) is -0.292. The summed E-state index contributed by atoms with van der Waals surface area (Å²) in [5, 5.41) is 19.1. The first-order valence-electron chi connectivity index (χ1n) is 6.52. The highest BCUT2D eigenvalue weighted by molar-refractivity contribution is 6.01.